The number of thiol groups is 1. The number of carbonyl (C=O) groups excluding carboxylic acids is 1. The first kappa shape index (κ1) is 12.1. The molecule has 1 heterocycles. The molecule has 0 saturated carbocycles. The Morgan fingerprint density at radius 2 is 2.12 bits per heavy atom. The van der Waals surface area contributed by atoms with Crippen molar-refractivity contribution in [3.05, 3.63) is 34.9 Å². The summed E-state index contributed by atoms with van der Waals surface area (Å²) in [4.78, 5) is 12.0. The van der Waals surface area contributed by atoms with Crippen molar-refractivity contribution in [1.82, 2.24) is 10.2 Å². The molecule has 0 unspecified atom stereocenters. The minimum Gasteiger partial charge on any atom is -0.296 e. The van der Waals surface area contributed by atoms with E-state index >= 15 is 0 Å². The van der Waals surface area contributed by atoms with E-state index in [9.17, 15) is 4.79 Å². The van der Waals surface area contributed by atoms with Crippen LogP contribution in [-0.4, -0.2) is 16.1 Å². The van der Waals surface area contributed by atoms with Crippen LogP contribution in [0.4, 0.5) is 5.13 Å². The molecule has 17 heavy (non-hydrogen) atoms. The molecule has 0 saturated heterocycles. The Bertz CT molecular complexity index is 566. The molecule has 0 spiro atoms. The summed E-state index contributed by atoms with van der Waals surface area (Å²) in [5, 5.41) is 10.7. The van der Waals surface area contributed by atoms with Crippen LogP contribution < -0.4 is 5.32 Å². The number of aryl methyl sites for hydroxylation is 2. The molecule has 2 rings (SSSR count). The number of hydrogen-bond donors (Lipinski definition) is 2. The van der Waals surface area contributed by atoms with Crippen LogP contribution in [-0.2, 0) is 0 Å². The van der Waals surface area contributed by atoms with Gasteiger partial charge >= 0.3 is 0 Å². The molecular weight excluding hydrogens is 254 g/mol. The topological polar surface area (TPSA) is 54.9 Å². The normalized spacial score (nSPS) is 10.3. The lowest BCUT2D eigenvalue weighted by atomic mass is 10.1. The number of benzene rings is 1. The van der Waals surface area contributed by atoms with Crippen LogP contribution in [0.3, 0.4) is 0 Å². The number of anilines is 1. The van der Waals surface area contributed by atoms with Gasteiger partial charge in [0.1, 0.15) is 0 Å². The lowest BCUT2D eigenvalue weighted by molar-refractivity contribution is 0.102. The summed E-state index contributed by atoms with van der Waals surface area (Å²) < 4.78 is 0.529. The molecule has 0 radical (unpaired) electrons. The van der Waals surface area contributed by atoms with E-state index in [0.29, 0.717) is 15.0 Å². The summed E-state index contributed by atoms with van der Waals surface area (Å²) in [5.41, 5.74) is 2.64. The smallest absolute Gasteiger partial charge is 0.257 e. The third kappa shape index (κ3) is 2.83. The van der Waals surface area contributed by atoms with Crippen LogP contribution >= 0.6 is 24.0 Å². The highest BCUT2D eigenvalue weighted by atomic mass is 32.2. The van der Waals surface area contributed by atoms with Gasteiger partial charge in [0.15, 0.2) is 4.34 Å². The molecule has 0 aliphatic heterocycles. The van der Waals surface area contributed by atoms with Gasteiger partial charge in [-0.05, 0) is 25.5 Å². The molecule has 88 valence electrons. The quantitative estimate of drug-likeness (QED) is 0.648. The zero-order valence-corrected chi connectivity index (χ0v) is 11.1. The molecule has 0 fully saturated rings. The fraction of sp³-hybridized carbons (Fsp3) is 0.182. The van der Waals surface area contributed by atoms with Gasteiger partial charge < -0.3 is 0 Å². The second-order valence-corrected chi connectivity index (χ2v) is 5.37. The number of nitrogens with one attached hydrogen (secondary N) is 1. The van der Waals surface area contributed by atoms with Gasteiger partial charge in [-0.25, -0.2) is 0 Å². The summed E-state index contributed by atoms with van der Waals surface area (Å²) in [5.74, 6) is -0.171. The SMILES string of the molecule is Cc1ccc(C)c(C(=O)Nc2nnc(S)s2)c1. The fourth-order valence-corrected chi connectivity index (χ4v) is 2.20. The third-order valence-electron chi connectivity index (χ3n) is 2.27. The van der Waals surface area contributed by atoms with Gasteiger partial charge in [0.2, 0.25) is 5.13 Å². The van der Waals surface area contributed by atoms with Crippen LogP contribution in [0.15, 0.2) is 22.5 Å². The zero-order valence-electron chi connectivity index (χ0n) is 9.39. The van der Waals surface area contributed by atoms with Gasteiger partial charge in [-0.15, -0.1) is 22.8 Å². The second kappa shape index (κ2) is 4.85. The van der Waals surface area contributed by atoms with E-state index in [1.807, 2.05) is 32.0 Å². The van der Waals surface area contributed by atoms with Crippen LogP contribution in [0.1, 0.15) is 21.5 Å². The van der Waals surface area contributed by atoms with E-state index in [0.717, 1.165) is 11.1 Å². The Hall–Kier alpha value is -1.40. The zero-order chi connectivity index (χ0) is 12.4. The van der Waals surface area contributed by atoms with Gasteiger partial charge in [0.25, 0.3) is 5.91 Å². The predicted molar refractivity (Wildman–Crippen MR) is 71.0 cm³/mol. The summed E-state index contributed by atoms with van der Waals surface area (Å²) in [6.45, 7) is 3.85. The van der Waals surface area contributed by atoms with Crippen molar-refractivity contribution < 1.29 is 4.79 Å². The minimum atomic E-state index is -0.171. The molecule has 0 atom stereocenters. The van der Waals surface area contributed by atoms with E-state index in [-0.39, 0.29) is 5.91 Å². The Kier molecular flexibility index (Phi) is 3.44. The maximum atomic E-state index is 12.0. The molecule has 0 bridgehead atoms. The maximum Gasteiger partial charge on any atom is 0.257 e. The molecule has 0 aliphatic carbocycles. The predicted octanol–water partition coefficient (Wildman–Crippen LogP) is 2.70. The lowest BCUT2D eigenvalue weighted by Gasteiger charge is -2.05. The van der Waals surface area contributed by atoms with Crippen LogP contribution in [0.2, 0.25) is 0 Å². The van der Waals surface area contributed by atoms with E-state index < -0.39 is 0 Å². The van der Waals surface area contributed by atoms with Gasteiger partial charge in [-0.2, -0.15) is 0 Å². The summed E-state index contributed by atoms with van der Waals surface area (Å²) in [6, 6.07) is 5.75. The van der Waals surface area contributed by atoms with Gasteiger partial charge in [0, 0.05) is 5.56 Å². The number of aromatic nitrogens is 2. The van der Waals surface area contributed by atoms with Crippen LogP contribution in [0, 0.1) is 13.8 Å². The highest BCUT2D eigenvalue weighted by Gasteiger charge is 2.11. The fourth-order valence-electron chi connectivity index (χ4n) is 1.41. The standard InChI is InChI=1S/C11H11N3OS2/c1-6-3-4-7(2)8(5-6)9(15)12-10-13-14-11(16)17-10/h3-5H,1-2H3,(H,14,16)(H,12,13,15). The van der Waals surface area contributed by atoms with Crippen LogP contribution in [0.25, 0.3) is 0 Å². The third-order valence-corrected chi connectivity index (χ3v) is 3.28. The van der Waals surface area contributed by atoms with Crippen molar-refractivity contribution in [2.24, 2.45) is 0 Å². The molecule has 2 aromatic rings. The monoisotopic (exact) mass is 265 g/mol. The van der Waals surface area contributed by atoms with Gasteiger partial charge in [-0.3, -0.25) is 10.1 Å². The maximum absolute atomic E-state index is 12.0. The summed E-state index contributed by atoms with van der Waals surface area (Å²) in [6.07, 6.45) is 0. The van der Waals surface area contributed by atoms with Gasteiger partial charge in [-0.1, -0.05) is 29.0 Å². The van der Waals surface area contributed by atoms with Crippen molar-refractivity contribution in [3.8, 4) is 0 Å². The molecule has 1 amide bonds. The number of hydrogen-bond acceptors (Lipinski definition) is 5. The van der Waals surface area contributed by atoms with Crippen molar-refractivity contribution in [2.75, 3.05) is 5.32 Å². The summed E-state index contributed by atoms with van der Waals surface area (Å²) in [7, 11) is 0. The Balaban J connectivity index is 2.22. The van der Waals surface area contributed by atoms with E-state index in [4.69, 9.17) is 0 Å². The number of carbonyl (C=O) groups is 1. The highest BCUT2D eigenvalue weighted by Crippen LogP contribution is 2.19. The van der Waals surface area contributed by atoms with Crippen molar-refractivity contribution in [3.63, 3.8) is 0 Å². The first-order valence-electron chi connectivity index (χ1n) is 4.97. The first-order valence-corrected chi connectivity index (χ1v) is 6.23. The van der Waals surface area contributed by atoms with Crippen molar-refractivity contribution in [2.45, 2.75) is 18.2 Å². The Labute approximate surface area is 108 Å². The minimum absolute atomic E-state index is 0.171. The largest absolute Gasteiger partial charge is 0.296 e. The van der Waals surface area contributed by atoms with E-state index in [2.05, 4.69) is 28.1 Å². The van der Waals surface area contributed by atoms with Crippen molar-refractivity contribution >= 4 is 35.0 Å². The molecule has 1 aromatic carbocycles. The molecule has 1 N–H and O–H groups in total. The molecule has 1 aromatic heterocycles. The van der Waals surface area contributed by atoms with E-state index in [1.54, 1.807) is 0 Å². The Morgan fingerprint density at radius 1 is 1.35 bits per heavy atom. The van der Waals surface area contributed by atoms with Crippen molar-refractivity contribution in [1.29, 1.82) is 0 Å². The molecule has 6 heteroatoms. The first-order chi connectivity index (χ1) is 8.06. The number of rotatable bonds is 2. The number of nitrogens with zero attached hydrogens (tertiary/aromatic N) is 2. The highest BCUT2D eigenvalue weighted by molar-refractivity contribution is 7.82. The second-order valence-electron chi connectivity index (χ2n) is 3.66. The molecular formula is C11H11N3OS2. The average Bonchev–Trinajstić information content (AvgIpc) is 2.67. The average molecular weight is 265 g/mol. The molecule has 0 aliphatic rings. The Morgan fingerprint density at radius 3 is 2.76 bits per heavy atom. The summed E-state index contributed by atoms with van der Waals surface area (Å²) >= 11 is 5.28. The van der Waals surface area contributed by atoms with Gasteiger partial charge in [0.05, 0.1) is 0 Å². The van der Waals surface area contributed by atoms with E-state index in [1.165, 1.54) is 11.3 Å². The van der Waals surface area contributed by atoms with Crippen LogP contribution in [0.5, 0.6) is 0 Å². The lowest BCUT2D eigenvalue weighted by Crippen LogP contribution is -2.13. The molecule has 4 nitrogen and oxygen atoms in total. The number of amides is 1.